The summed E-state index contributed by atoms with van der Waals surface area (Å²) in [4.78, 5) is 24.0. The second-order valence-electron chi connectivity index (χ2n) is 8.18. The topological polar surface area (TPSA) is 77.0 Å². The average molecular weight is 431 g/mol. The fourth-order valence-corrected chi connectivity index (χ4v) is 2.77. The highest BCUT2D eigenvalue weighted by atomic mass is 16.5. The summed E-state index contributed by atoms with van der Waals surface area (Å²) in [6, 6.07) is 23.2. The zero-order valence-electron chi connectivity index (χ0n) is 18.4. The van der Waals surface area contributed by atoms with Gasteiger partial charge in [-0.25, -0.2) is 10.2 Å². The molecule has 0 unspecified atom stereocenters. The standard InChI is InChI=1S/C26H26N2O4/c1-26(2,3)21-11-15-22(16-12-21)31-18-24(29)28-27-17-19-9-13-23(14-10-19)32-25(30)20-7-5-4-6-8-20/h4-17H,18H2,1-3H3,(H,28,29). The van der Waals surface area contributed by atoms with E-state index in [1.54, 1.807) is 48.5 Å². The zero-order valence-corrected chi connectivity index (χ0v) is 18.4. The molecule has 0 fully saturated rings. The Hall–Kier alpha value is -3.93. The first kappa shape index (κ1) is 22.7. The Balaban J connectivity index is 1.44. The van der Waals surface area contributed by atoms with Crippen molar-refractivity contribution in [3.8, 4) is 11.5 Å². The molecule has 6 heteroatoms. The predicted octanol–water partition coefficient (Wildman–Crippen LogP) is 4.73. The number of nitrogens with one attached hydrogen (secondary N) is 1. The highest BCUT2D eigenvalue weighted by Crippen LogP contribution is 2.24. The molecule has 0 bridgehead atoms. The van der Waals surface area contributed by atoms with Crippen LogP contribution in [0.15, 0.2) is 84.0 Å². The number of nitrogens with zero attached hydrogens (tertiary/aromatic N) is 1. The van der Waals surface area contributed by atoms with Gasteiger partial charge in [0, 0.05) is 0 Å². The van der Waals surface area contributed by atoms with Crippen molar-refractivity contribution in [1.82, 2.24) is 5.43 Å². The molecule has 1 amide bonds. The van der Waals surface area contributed by atoms with Crippen molar-refractivity contribution in [1.29, 1.82) is 0 Å². The van der Waals surface area contributed by atoms with Crippen LogP contribution in [0.4, 0.5) is 0 Å². The van der Waals surface area contributed by atoms with Gasteiger partial charge in [-0.3, -0.25) is 4.79 Å². The van der Waals surface area contributed by atoms with E-state index in [1.165, 1.54) is 11.8 Å². The maximum Gasteiger partial charge on any atom is 0.343 e. The molecule has 0 aromatic heterocycles. The summed E-state index contributed by atoms with van der Waals surface area (Å²) < 4.78 is 10.8. The van der Waals surface area contributed by atoms with Crippen LogP contribution in [0.5, 0.6) is 11.5 Å². The summed E-state index contributed by atoms with van der Waals surface area (Å²) in [5.41, 5.74) is 4.90. The molecule has 3 rings (SSSR count). The Kier molecular flexibility index (Phi) is 7.39. The molecule has 3 aromatic rings. The van der Waals surface area contributed by atoms with Crippen molar-refractivity contribution < 1.29 is 19.1 Å². The molecule has 6 nitrogen and oxygen atoms in total. The minimum Gasteiger partial charge on any atom is -0.484 e. The Labute approximate surface area is 187 Å². The number of esters is 1. The second kappa shape index (κ2) is 10.4. The van der Waals surface area contributed by atoms with Gasteiger partial charge in [-0.05, 0) is 65.1 Å². The fourth-order valence-electron chi connectivity index (χ4n) is 2.77. The van der Waals surface area contributed by atoms with E-state index in [4.69, 9.17) is 9.47 Å². The summed E-state index contributed by atoms with van der Waals surface area (Å²) in [6.45, 7) is 6.28. The van der Waals surface area contributed by atoms with E-state index < -0.39 is 5.97 Å². The SMILES string of the molecule is CC(C)(C)c1ccc(OCC(=O)NN=Cc2ccc(OC(=O)c3ccccc3)cc2)cc1. The monoisotopic (exact) mass is 430 g/mol. The predicted molar refractivity (Wildman–Crippen MR) is 124 cm³/mol. The van der Waals surface area contributed by atoms with Gasteiger partial charge >= 0.3 is 5.97 Å². The van der Waals surface area contributed by atoms with Gasteiger partial charge in [0.25, 0.3) is 5.91 Å². The van der Waals surface area contributed by atoms with Crippen molar-refractivity contribution >= 4 is 18.1 Å². The summed E-state index contributed by atoms with van der Waals surface area (Å²) in [6.07, 6.45) is 1.50. The van der Waals surface area contributed by atoms with Crippen LogP contribution >= 0.6 is 0 Å². The number of carbonyl (C=O) groups excluding carboxylic acids is 2. The van der Waals surface area contributed by atoms with Gasteiger partial charge in [0.2, 0.25) is 0 Å². The van der Waals surface area contributed by atoms with Gasteiger partial charge in [-0.2, -0.15) is 5.10 Å². The van der Waals surface area contributed by atoms with Gasteiger partial charge in [-0.1, -0.05) is 51.1 Å². The van der Waals surface area contributed by atoms with Gasteiger partial charge in [0.05, 0.1) is 11.8 Å². The van der Waals surface area contributed by atoms with E-state index >= 15 is 0 Å². The van der Waals surface area contributed by atoms with Crippen LogP contribution in [0.3, 0.4) is 0 Å². The van der Waals surface area contributed by atoms with Crippen molar-refractivity contribution in [2.24, 2.45) is 5.10 Å². The minimum absolute atomic E-state index is 0.0619. The lowest BCUT2D eigenvalue weighted by molar-refractivity contribution is -0.123. The molecule has 3 aromatic carbocycles. The van der Waals surface area contributed by atoms with Gasteiger partial charge in [-0.15, -0.1) is 0 Å². The van der Waals surface area contributed by atoms with E-state index in [1.807, 2.05) is 30.3 Å². The molecule has 0 aliphatic rings. The largest absolute Gasteiger partial charge is 0.484 e. The Morgan fingerprint density at radius 2 is 1.50 bits per heavy atom. The summed E-state index contributed by atoms with van der Waals surface area (Å²) in [5, 5.41) is 3.93. The van der Waals surface area contributed by atoms with Crippen molar-refractivity contribution in [2.75, 3.05) is 6.61 Å². The minimum atomic E-state index is -0.424. The van der Waals surface area contributed by atoms with Gasteiger partial charge in [0.15, 0.2) is 6.61 Å². The van der Waals surface area contributed by atoms with E-state index in [0.29, 0.717) is 17.1 Å². The molecule has 0 radical (unpaired) electrons. The highest BCUT2D eigenvalue weighted by Gasteiger charge is 2.13. The van der Waals surface area contributed by atoms with Crippen LogP contribution < -0.4 is 14.9 Å². The number of hydrazone groups is 1. The van der Waals surface area contributed by atoms with Crippen LogP contribution in [-0.4, -0.2) is 24.7 Å². The summed E-state index contributed by atoms with van der Waals surface area (Å²) in [5.74, 6) is 0.255. The molecule has 0 saturated heterocycles. The van der Waals surface area contributed by atoms with Gasteiger partial charge in [0.1, 0.15) is 11.5 Å². The third-order valence-corrected chi connectivity index (χ3v) is 4.59. The van der Waals surface area contributed by atoms with Crippen molar-refractivity contribution in [3.63, 3.8) is 0 Å². The maximum atomic E-state index is 12.1. The third kappa shape index (κ3) is 6.80. The number of carbonyl (C=O) groups is 2. The average Bonchev–Trinajstić information content (AvgIpc) is 2.79. The third-order valence-electron chi connectivity index (χ3n) is 4.59. The van der Waals surface area contributed by atoms with Crippen LogP contribution in [0.2, 0.25) is 0 Å². The number of amides is 1. The van der Waals surface area contributed by atoms with Crippen LogP contribution in [0, 0.1) is 0 Å². The first-order valence-corrected chi connectivity index (χ1v) is 10.2. The van der Waals surface area contributed by atoms with Crippen LogP contribution in [0.1, 0.15) is 42.3 Å². The molecule has 0 aliphatic carbocycles. The van der Waals surface area contributed by atoms with Crippen LogP contribution in [0.25, 0.3) is 0 Å². The lowest BCUT2D eigenvalue weighted by atomic mass is 9.87. The maximum absolute atomic E-state index is 12.1. The molecule has 0 aliphatic heterocycles. The number of ether oxygens (including phenoxy) is 2. The van der Waals surface area contributed by atoms with E-state index in [-0.39, 0.29) is 17.9 Å². The molecular formula is C26H26N2O4. The van der Waals surface area contributed by atoms with E-state index in [0.717, 1.165) is 5.56 Å². The Morgan fingerprint density at radius 1 is 0.875 bits per heavy atom. The Bertz CT molecular complexity index is 1070. The summed E-state index contributed by atoms with van der Waals surface area (Å²) in [7, 11) is 0. The normalized spacial score (nSPS) is 11.2. The lowest BCUT2D eigenvalue weighted by Crippen LogP contribution is -2.24. The summed E-state index contributed by atoms with van der Waals surface area (Å²) >= 11 is 0. The smallest absolute Gasteiger partial charge is 0.343 e. The molecule has 0 saturated carbocycles. The molecule has 164 valence electrons. The number of rotatable bonds is 7. The molecule has 0 atom stereocenters. The van der Waals surface area contributed by atoms with Gasteiger partial charge < -0.3 is 9.47 Å². The first-order valence-electron chi connectivity index (χ1n) is 10.2. The number of hydrogen-bond acceptors (Lipinski definition) is 5. The van der Waals surface area contributed by atoms with Crippen molar-refractivity contribution in [3.05, 3.63) is 95.6 Å². The molecule has 0 spiro atoms. The second-order valence-corrected chi connectivity index (χ2v) is 8.18. The quantitative estimate of drug-likeness (QED) is 0.254. The lowest BCUT2D eigenvalue weighted by Gasteiger charge is -2.19. The highest BCUT2D eigenvalue weighted by molar-refractivity contribution is 5.91. The van der Waals surface area contributed by atoms with Crippen molar-refractivity contribution in [2.45, 2.75) is 26.2 Å². The first-order chi connectivity index (χ1) is 15.3. The number of hydrogen-bond donors (Lipinski definition) is 1. The van der Waals surface area contributed by atoms with E-state index in [2.05, 4.69) is 31.3 Å². The molecule has 1 N–H and O–H groups in total. The zero-order chi connectivity index (χ0) is 23.0. The fraction of sp³-hybridized carbons (Fsp3) is 0.192. The van der Waals surface area contributed by atoms with E-state index in [9.17, 15) is 9.59 Å². The Morgan fingerprint density at radius 3 is 2.12 bits per heavy atom. The number of benzene rings is 3. The van der Waals surface area contributed by atoms with Crippen LogP contribution in [-0.2, 0) is 10.2 Å². The molecular weight excluding hydrogens is 404 g/mol. The molecule has 32 heavy (non-hydrogen) atoms. The molecule has 0 heterocycles.